The molecule has 1 aromatic heterocycles. The fourth-order valence-electron chi connectivity index (χ4n) is 0.627. The summed E-state index contributed by atoms with van der Waals surface area (Å²) >= 11 is 3.52. The van der Waals surface area contributed by atoms with Gasteiger partial charge in [0, 0.05) is 7.11 Å². The highest BCUT2D eigenvalue weighted by Crippen LogP contribution is 2.22. The molecule has 0 aliphatic heterocycles. The highest BCUT2D eigenvalue weighted by molar-refractivity contribution is 8.01. The number of rotatable bonds is 3. The SMILES string of the molecule is COCC#CCSc1cccs1. The topological polar surface area (TPSA) is 9.23 Å². The predicted octanol–water partition coefficient (Wildman–Crippen LogP) is 2.49. The summed E-state index contributed by atoms with van der Waals surface area (Å²) in [6, 6.07) is 4.16. The summed E-state index contributed by atoms with van der Waals surface area (Å²) in [5.74, 6) is 6.78. The summed E-state index contributed by atoms with van der Waals surface area (Å²) in [7, 11) is 1.65. The molecule has 0 aromatic carbocycles. The zero-order valence-corrected chi connectivity index (χ0v) is 8.50. The number of methoxy groups -OCH3 is 1. The smallest absolute Gasteiger partial charge is 0.107 e. The van der Waals surface area contributed by atoms with Crippen LogP contribution in [0.15, 0.2) is 21.7 Å². The maximum absolute atomic E-state index is 4.80. The number of thioether (sulfide) groups is 1. The molecule has 0 aliphatic rings. The molecule has 0 spiro atoms. The van der Waals surface area contributed by atoms with E-state index in [1.165, 1.54) is 4.21 Å². The lowest BCUT2D eigenvalue weighted by atomic mass is 10.6. The molecule has 0 aliphatic carbocycles. The van der Waals surface area contributed by atoms with Gasteiger partial charge in [0.1, 0.15) is 6.61 Å². The van der Waals surface area contributed by atoms with Crippen molar-refractivity contribution in [2.24, 2.45) is 0 Å². The maximum atomic E-state index is 4.80. The van der Waals surface area contributed by atoms with Gasteiger partial charge in [-0.3, -0.25) is 0 Å². The van der Waals surface area contributed by atoms with E-state index in [2.05, 4.69) is 29.4 Å². The van der Waals surface area contributed by atoms with Crippen LogP contribution < -0.4 is 0 Å². The summed E-state index contributed by atoms with van der Waals surface area (Å²) in [4.78, 5) is 0. The highest BCUT2D eigenvalue weighted by Gasteiger charge is 1.89. The van der Waals surface area contributed by atoms with E-state index in [0.29, 0.717) is 6.61 Å². The third-order valence-electron chi connectivity index (χ3n) is 1.12. The summed E-state index contributed by atoms with van der Waals surface area (Å²) in [5, 5.41) is 2.07. The highest BCUT2D eigenvalue weighted by atomic mass is 32.2. The lowest BCUT2D eigenvalue weighted by Crippen LogP contribution is -1.81. The first-order valence-corrected chi connectivity index (χ1v) is 5.41. The van der Waals surface area contributed by atoms with Crippen molar-refractivity contribution in [2.75, 3.05) is 19.5 Å². The molecule has 3 heteroatoms. The summed E-state index contributed by atoms with van der Waals surface area (Å²) < 4.78 is 6.12. The van der Waals surface area contributed by atoms with Crippen LogP contribution in [0.4, 0.5) is 0 Å². The van der Waals surface area contributed by atoms with Crippen molar-refractivity contribution in [3.05, 3.63) is 17.5 Å². The van der Waals surface area contributed by atoms with E-state index in [1.54, 1.807) is 30.2 Å². The predicted molar refractivity (Wildman–Crippen MR) is 54.7 cm³/mol. The lowest BCUT2D eigenvalue weighted by molar-refractivity contribution is 0.240. The normalized spacial score (nSPS) is 9.08. The van der Waals surface area contributed by atoms with Crippen molar-refractivity contribution in [3.8, 4) is 11.8 Å². The molecule has 0 N–H and O–H groups in total. The van der Waals surface area contributed by atoms with Crippen molar-refractivity contribution in [1.82, 2.24) is 0 Å². The first-order chi connectivity index (χ1) is 5.93. The molecule has 0 radical (unpaired) electrons. The van der Waals surface area contributed by atoms with Crippen LogP contribution in [0, 0.1) is 11.8 Å². The van der Waals surface area contributed by atoms with Crippen LogP contribution in [-0.4, -0.2) is 19.5 Å². The second-order valence-corrected chi connectivity index (χ2v) is 4.23. The van der Waals surface area contributed by atoms with Crippen LogP contribution in [-0.2, 0) is 4.74 Å². The average molecular weight is 198 g/mol. The van der Waals surface area contributed by atoms with Crippen molar-refractivity contribution < 1.29 is 4.74 Å². The second-order valence-electron chi connectivity index (χ2n) is 2.01. The fraction of sp³-hybridized carbons (Fsp3) is 0.333. The van der Waals surface area contributed by atoms with E-state index < -0.39 is 0 Å². The van der Waals surface area contributed by atoms with Crippen LogP contribution in [0.5, 0.6) is 0 Å². The Morgan fingerprint density at radius 1 is 1.58 bits per heavy atom. The molecule has 1 nitrogen and oxygen atoms in total. The molecular formula is C9H10OS2. The van der Waals surface area contributed by atoms with Gasteiger partial charge in [0.25, 0.3) is 0 Å². The van der Waals surface area contributed by atoms with Gasteiger partial charge in [0.15, 0.2) is 0 Å². The second kappa shape index (κ2) is 6.13. The molecule has 1 rings (SSSR count). The van der Waals surface area contributed by atoms with E-state index in [1.807, 2.05) is 0 Å². The molecule has 0 saturated heterocycles. The van der Waals surface area contributed by atoms with Gasteiger partial charge in [-0.25, -0.2) is 0 Å². The van der Waals surface area contributed by atoms with Crippen molar-refractivity contribution in [2.45, 2.75) is 4.21 Å². The summed E-state index contributed by atoms with van der Waals surface area (Å²) in [5.41, 5.74) is 0. The van der Waals surface area contributed by atoms with Gasteiger partial charge >= 0.3 is 0 Å². The summed E-state index contributed by atoms with van der Waals surface area (Å²) in [6.07, 6.45) is 0. The summed E-state index contributed by atoms with van der Waals surface area (Å²) in [6.45, 7) is 0.533. The van der Waals surface area contributed by atoms with Crippen LogP contribution in [0.3, 0.4) is 0 Å². The Balaban J connectivity index is 2.16. The van der Waals surface area contributed by atoms with Crippen molar-refractivity contribution in [3.63, 3.8) is 0 Å². The van der Waals surface area contributed by atoms with E-state index in [-0.39, 0.29) is 0 Å². The minimum atomic E-state index is 0.533. The maximum Gasteiger partial charge on any atom is 0.107 e. The quantitative estimate of drug-likeness (QED) is 0.545. The van der Waals surface area contributed by atoms with Gasteiger partial charge in [-0.2, -0.15) is 0 Å². The van der Waals surface area contributed by atoms with E-state index in [0.717, 1.165) is 5.75 Å². The van der Waals surface area contributed by atoms with E-state index >= 15 is 0 Å². The van der Waals surface area contributed by atoms with Gasteiger partial charge < -0.3 is 4.74 Å². The standard InChI is InChI=1S/C9H10OS2/c1-10-6-2-3-7-11-9-5-4-8-12-9/h4-5,8H,6-7H2,1H3. The Bertz CT molecular complexity index is 256. The van der Waals surface area contributed by atoms with Crippen LogP contribution in [0.25, 0.3) is 0 Å². The van der Waals surface area contributed by atoms with Crippen molar-refractivity contribution >= 4 is 23.1 Å². The molecule has 0 bridgehead atoms. The molecular weight excluding hydrogens is 188 g/mol. The molecule has 0 fully saturated rings. The van der Waals surface area contributed by atoms with Gasteiger partial charge in [0.05, 0.1) is 9.96 Å². The molecule has 0 saturated carbocycles. The first-order valence-electron chi connectivity index (χ1n) is 3.54. The number of hydrogen-bond donors (Lipinski definition) is 0. The van der Waals surface area contributed by atoms with Gasteiger partial charge in [-0.15, -0.1) is 23.1 Å². The minimum absolute atomic E-state index is 0.533. The Labute approximate surface area is 81.1 Å². The van der Waals surface area contributed by atoms with Gasteiger partial charge in [-0.1, -0.05) is 17.9 Å². The van der Waals surface area contributed by atoms with E-state index in [9.17, 15) is 0 Å². The molecule has 1 aromatic rings. The molecule has 1 heterocycles. The molecule has 12 heavy (non-hydrogen) atoms. The molecule has 64 valence electrons. The monoisotopic (exact) mass is 198 g/mol. The third-order valence-corrected chi connectivity index (χ3v) is 3.14. The largest absolute Gasteiger partial charge is 0.372 e. The third kappa shape index (κ3) is 3.82. The van der Waals surface area contributed by atoms with Crippen LogP contribution >= 0.6 is 23.1 Å². The Hall–Kier alpha value is -0.430. The Morgan fingerprint density at radius 3 is 3.17 bits per heavy atom. The lowest BCUT2D eigenvalue weighted by Gasteiger charge is -1.87. The fourth-order valence-corrected chi connectivity index (χ4v) is 2.18. The Kier molecular flexibility index (Phi) is 4.93. The Morgan fingerprint density at radius 2 is 2.50 bits per heavy atom. The zero-order valence-electron chi connectivity index (χ0n) is 6.87. The zero-order chi connectivity index (χ0) is 8.65. The molecule has 0 unspecified atom stereocenters. The number of thiophene rings is 1. The number of hydrogen-bond acceptors (Lipinski definition) is 3. The first kappa shape index (κ1) is 9.66. The van der Waals surface area contributed by atoms with Crippen LogP contribution in [0.1, 0.15) is 0 Å². The van der Waals surface area contributed by atoms with Crippen LogP contribution in [0.2, 0.25) is 0 Å². The average Bonchev–Trinajstić information content (AvgIpc) is 2.57. The number of ether oxygens (including phenoxy) is 1. The molecule has 0 amide bonds. The van der Waals surface area contributed by atoms with Gasteiger partial charge in [0.2, 0.25) is 0 Å². The van der Waals surface area contributed by atoms with E-state index in [4.69, 9.17) is 4.74 Å². The molecule has 0 atom stereocenters. The van der Waals surface area contributed by atoms with Gasteiger partial charge in [-0.05, 0) is 11.4 Å². The van der Waals surface area contributed by atoms with Crippen molar-refractivity contribution in [1.29, 1.82) is 0 Å². The minimum Gasteiger partial charge on any atom is -0.372 e.